The number of aliphatic carboxylic acids is 1. The molecule has 6 heteroatoms. The fourth-order valence-corrected chi connectivity index (χ4v) is 1.95. The number of nitrogens with zero attached hydrogens (tertiary/aromatic N) is 1. The third kappa shape index (κ3) is 3.43. The number of rotatable bonds is 5. The van der Waals surface area contributed by atoms with Gasteiger partial charge in [-0.15, -0.1) is 0 Å². The fourth-order valence-electron chi connectivity index (χ4n) is 1.79. The number of pyridine rings is 1. The molecule has 18 heavy (non-hydrogen) atoms. The third-order valence-electron chi connectivity index (χ3n) is 2.86. The van der Waals surface area contributed by atoms with Crippen molar-refractivity contribution < 1.29 is 14.7 Å². The summed E-state index contributed by atoms with van der Waals surface area (Å²) in [5.74, 6) is -1.02. The van der Waals surface area contributed by atoms with Crippen molar-refractivity contribution in [2.75, 3.05) is 0 Å². The molecule has 1 heterocycles. The summed E-state index contributed by atoms with van der Waals surface area (Å²) in [6, 6.07) is 2.71. The molecule has 1 aliphatic rings. The average Bonchev–Trinajstić information content (AvgIpc) is 3.11. The lowest BCUT2D eigenvalue weighted by atomic mass is 10.1. The average molecular weight is 269 g/mol. The van der Waals surface area contributed by atoms with Gasteiger partial charge in [0.05, 0.1) is 6.42 Å². The molecule has 1 aromatic heterocycles. The van der Waals surface area contributed by atoms with Crippen molar-refractivity contribution >= 4 is 23.5 Å². The minimum Gasteiger partial charge on any atom is -0.481 e. The molecule has 0 saturated heterocycles. The predicted octanol–water partition coefficient (Wildman–Crippen LogP) is 1.72. The Bertz CT molecular complexity index is 474. The molecule has 0 spiro atoms. The van der Waals surface area contributed by atoms with Gasteiger partial charge < -0.3 is 10.4 Å². The number of hydrogen-bond donors (Lipinski definition) is 2. The highest BCUT2D eigenvalue weighted by Crippen LogP contribution is 2.34. The fraction of sp³-hybridized carbons (Fsp3) is 0.417. The molecule has 1 unspecified atom stereocenters. The molecule has 0 radical (unpaired) electrons. The summed E-state index contributed by atoms with van der Waals surface area (Å²) in [7, 11) is 0. The van der Waals surface area contributed by atoms with E-state index in [1.807, 2.05) is 0 Å². The van der Waals surface area contributed by atoms with E-state index in [9.17, 15) is 9.59 Å². The summed E-state index contributed by atoms with van der Waals surface area (Å²) in [4.78, 5) is 26.5. The van der Waals surface area contributed by atoms with Gasteiger partial charge in [0.2, 0.25) is 0 Å². The molecular weight excluding hydrogens is 256 g/mol. The maximum absolute atomic E-state index is 11.9. The van der Waals surface area contributed by atoms with E-state index in [0.29, 0.717) is 5.02 Å². The maximum atomic E-state index is 11.9. The Kier molecular flexibility index (Phi) is 3.81. The number of carboxylic acids is 1. The number of halogens is 1. The molecule has 1 atom stereocenters. The Balaban J connectivity index is 2.02. The highest BCUT2D eigenvalue weighted by atomic mass is 35.5. The normalized spacial score (nSPS) is 16.1. The molecule has 0 aromatic carbocycles. The van der Waals surface area contributed by atoms with Gasteiger partial charge in [-0.1, -0.05) is 11.6 Å². The molecule has 5 nitrogen and oxygen atoms in total. The van der Waals surface area contributed by atoms with Gasteiger partial charge in [-0.25, -0.2) is 0 Å². The van der Waals surface area contributed by atoms with Crippen molar-refractivity contribution in [1.29, 1.82) is 0 Å². The summed E-state index contributed by atoms with van der Waals surface area (Å²) >= 11 is 5.77. The topological polar surface area (TPSA) is 79.3 Å². The number of aromatic nitrogens is 1. The van der Waals surface area contributed by atoms with Crippen LogP contribution in [0.4, 0.5) is 0 Å². The number of carbonyl (C=O) groups is 2. The highest BCUT2D eigenvalue weighted by Gasteiger charge is 2.34. The summed E-state index contributed by atoms with van der Waals surface area (Å²) in [5.41, 5.74) is 0.207. The number of nitrogens with one attached hydrogen (secondary N) is 1. The number of hydrogen-bond acceptors (Lipinski definition) is 3. The molecule has 1 aromatic rings. The van der Waals surface area contributed by atoms with E-state index in [0.717, 1.165) is 12.8 Å². The molecule has 0 aliphatic heterocycles. The molecule has 0 bridgehead atoms. The second-order valence-corrected chi connectivity index (χ2v) is 4.81. The van der Waals surface area contributed by atoms with Crippen molar-refractivity contribution in [1.82, 2.24) is 10.3 Å². The lowest BCUT2D eigenvalue weighted by Crippen LogP contribution is -2.38. The first-order valence-electron chi connectivity index (χ1n) is 5.70. The van der Waals surface area contributed by atoms with E-state index < -0.39 is 5.97 Å². The minimum absolute atomic E-state index is 0.0586. The molecule has 1 fully saturated rings. The van der Waals surface area contributed by atoms with Gasteiger partial charge >= 0.3 is 5.97 Å². The zero-order chi connectivity index (χ0) is 13.1. The van der Waals surface area contributed by atoms with Crippen LogP contribution in [0.1, 0.15) is 29.8 Å². The SMILES string of the molecule is O=C(O)CC(NC(=O)c1cc(Cl)ccn1)C1CC1. The lowest BCUT2D eigenvalue weighted by Gasteiger charge is -2.15. The first kappa shape index (κ1) is 12.8. The molecule has 2 N–H and O–H groups in total. The Hall–Kier alpha value is -1.62. The first-order valence-corrected chi connectivity index (χ1v) is 6.08. The van der Waals surface area contributed by atoms with Crippen LogP contribution in [-0.4, -0.2) is 28.0 Å². The molecule has 1 saturated carbocycles. The van der Waals surface area contributed by atoms with E-state index in [4.69, 9.17) is 16.7 Å². The molecular formula is C12H13ClN2O3. The summed E-state index contributed by atoms with van der Waals surface area (Å²) in [6.45, 7) is 0. The standard InChI is InChI=1S/C12H13ClN2O3/c13-8-3-4-14-10(5-8)12(18)15-9(6-11(16)17)7-1-2-7/h3-5,7,9H,1-2,6H2,(H,15,18)(H,16,17). The van der Waals surface area contributed by atoms with Crippen molar-refractivity contribution in [2.45, 2.75) is 25.3 Å². The van der Waals surface area contributed by atoms with Crippen molar-refractivity contribution in [3.05, 3.63) is 29.0 Å². The van der Waals surface area contributed by atoms with Gasteiger partial charge in [-0.05, 0) is 30.9 Å². The van der Waals surface area contributed by atoms with Crippen LogP contribution in [-0.2, 0) is 4.79 Å². The van der Waals surface area contributed by atoms with Gasteiger partial charge in [0, 0.05) is 17.3 Å². The van der Waals surface area contributed by atoms with E-state index in [-0.39, 0.29) is 30.0 Å². The Morgan fingerprint density at radius 1 is 1.56 bits per heavy atom. The van der Waals surface area contributed by atoms with Crippen LogP contribution in [0.5, 0.6) is 0 Å². The van der Waals surface area contributed by atoms with Gasteiger partial charge in [-0.3, -0.25) is 14.6 Å². The number of amides is 1. The second kappa shape index (κ2) is 5.35. The van der Waals surface area contributed by atoms with Crippen LogP contribution in [0.15, 0.2) is 18.3 Å². The highest BCUT2D eigenvalue weighted by molar-refractivity contribution is 6.30. The number of carboxylic acid groups (broad SMARTS) is 1. The lowest BCUT2D eigenvalue weighted by molar-refractivity contribution is -0.137. The smallest absolute Gasteiger partial charge is 0.305 e. The van der Waals surface area contributed by atoms with E-state index in [1.165, 1.54) is 12.3 Å². The zero-order valence-corrected chi connectivity index (χ0v) is 10.4. The summed E-state index contributed by atoms with van der Waals surface area (Å²) < 4.78 is 0. The molecule has 1 amide bonds. The third-order valence-corrected chi connectivity index (χ3v) is 3.09. The van der Waals surface area contributed by atoms with Gasteiger partial charge in [-0.2, -0.15) is 0 Å². The van der Waals surface area contributed by atoms with Crippen LogP contribution >= 0.6 is 11.6 Å². The van der Waals surface area contributed by atoms with Crippen molar-refractivity contribution in [2.24, 2.45) is 5.92 Å². The van der Waals surface area contributed by atoms with Crippen LogP contribution in [0.2, 0.25) is 5.02 Å². The Morgan fingerprint density at radius 2 is 2.28 bits per heavy atom. The molecule has 1 aliphatic carbocycles. The summed E-state index contributed by atoms with van der Waals surface area (Å²) in [6.07, 6.45) is 3.31. The van der Waals surface area contributed by atoms with Crippen molar-refractivity contribution in [3.63, 3.8) is 0 Å². The number of carbonyl (C=O) groups excluding carboxylic acids is 1. The van der Waals surface area contributed by atoms with E-state index in [2.05, 4.69) is 10.3 Å². The van der Waals surface area contributed by atoms with Crippen LogP contribution < -0.4 is 5.32 Å². The maximum Gasteiger partial charge on any atom is 0.305 e. The second-order valence-electron chi connectivity index (χ2n) is 4.37. The van der Waals surface area contributed by atoms with Gasteiger partial charge in [0.25, 0.3) is 5.91 Å². The van der Waals surface area contributed by atoms with Gasteiger partial charge in [0.15, 0.2) is 0 Å². The quantitative estimate of drug-likeness (QED) is 0.852. The van der Waals surface area contributed by atoms with Crippen molar-refractivity contribution in [3.8, 4) is 0 Å². The van der Waals surface area contributed by atoms with Crippen LogP contribution in [0.3, 0.4) is 0 Å². The van der Waals surface area contributed by atoms with E-state index in [1.54, 1.807) is 6.07 Å². The van der Waals surface area contributed by atoms with Gasteiger partial charge in [0.1, 0.15) is 5.69 Å². The minimum atomic E-state index is -0.911. The Morgan fingerprint density at radius 3 is 2.83 bits per heavy atom. The van der Waals surface area contributed by atoms with Crippen LogP contribution in [0.25, 0.3) is 0 Å². The Labute approximate surface area is 109 Å². The zero-order valence-electron chi connectivity index (χ0n) is 9.60. The largest absolute Gasteiger partial charge is 0.481 e. The first-order chi connectivity index (χ1) is 8.56. The molecule has 2 rings (SSSR count). The monoisotopic (exact) mass is 268 g/mol. The predicted molar refractivity (Wildman–Crippen MR) is 65.5 cm³/mol. The summed E-state index contributed by atoms with van der Waals surface area (Å²) in [5, 5.41) is 11.9. The molecule has 96 valence electrons. The van der Waals surface area contributed by atoms with E-state index >= 15 is 0 Å². The van der Waals surface area contributed by atoms with Crippen LogP contribution in [0, 0.1) is 5.92 Å².